The van der Waals surface area contributed by atoms with Crippen LogP contribution in [0.1, 0.15) is 36.6 Å². The van der Waals surface area contributed by atoms with Gasteiger partial charge in [0.1, 0.15) is 10.8 Å². The van der Waals surface area contributed by atoms with Crippen LogP contribution in [0, 0.1) is 0 Å². The van der Waals surface area contributed by atoms with Gasteiger partial charge in [0, 0.05) is 38.3 Å². The van der Waals surface area contributed by atoms with Gasteiger partial charge in [0.05, 0.1) is 6.54 Å². The van der Waals surface area contributed by atoms with E-state index in [1.54, 1.807) is 0 Å². The second-order valence-electron chi connectivity index (χ2n) is 6.93. The summed E-state index contributed by atoms with van der Waals surface area (Å²) in [7, 11) is 0. The molecule has 1 aliphatic carbocycles. The minimum atomic E-state index is -0.00686. The van der Waals surface area contributed by atoms with E-state index in [0.29, 0.717) is 17.6 Å². The number of carbonyl (C=O) groups is 1. The molecule has 1 saturated heterocycles. The van der Waals surface area contributed by atoms with Crippen molar-refractivity contribution in [2.75, 3.05) is 42.9 Å². The third kappa shape index (κ3) is 4.19. The molecule has 8 heteroatoms. The molecule has 0 atom stereocenters. The Hall–Kier alpha value is -2.06. The first-order chi connectivity index (χ1) is 12.8. The number of anilines is 2. The van der Waals surface area contributed by atoms with Crippen LogP contribution in [-0.4, -0.2) is 58.7 Å². The normalized spacial score (nSPS) is 19.0. The molecule has 2 aliphatic rings. The zero-order valence-corrected chi connectivity index (χ0v) is 15.6. The Labute approximate surface area is 157 Å². The van der Waals surface area contributed by atoms with Gasteiger partial charge in [0.2, 0.25) is 11.0 Å². The van der Waals surface area contributed by atoms with E-state index in [9.17, 15) is 4.79 Å². The Morgan fingerprint density at radius 2 is 2.08 bits per heavy atom. The molecule has 7 nitrogen and oxygen atoms in total. The van der Waals surface area contributed by atoms with Gasteiger partial charge in [-0.2, -0.15) is 0 Å². The molecule has 0 unspecified atom stereocenters. The number of hydrogen-bond acceptors (Lipinski definition) is 7. The molecule has 0 aromatic carbocycles. The van der Waals surface area contributed by atoms with Gasteiger partial charge >= 0.3 is 0 Å². The fourth-order valence-corrected chi connectivity index (χ4v) is 4.29. The molecule has 1 amide bonds. The van der Waals surface area contributed by atoms with E-state index in [1.807, 2.05) is 24.4 Å². The number of hydrogen-bond donors (Lipinski definition) is 1. The molecule has 2 fully saturated rings. The van der Waals surface area contributed by atoms with Crippen molar-refractivity contribution in [1.82, 2.24) is 20.1 Å². The van der Waals surface area contributed by atoms with Crippen molar-refractivity contribution in [3.05, 3.63) is 29.4 Å². The summed E-state index contributed by atoms with van der Waals surface area (Å²) in [5.74, 6) is 1.56. The molecule has 1 aliphatic heterocycles. The smallest absolute Gasteiger partial charge is 0.240 e. The van der Waals surface area contributed by atoms with Crippen LogP contribution in [0.4, 0.5) is 10.9 Å². The van der Waals surface area contributed by atoms with Crippen LogP contribution in [0.25, 0.3) is 0 Å². The van der Waals surface area contributed by atoms with E-state index >= 15 is 0 Å². The van der Waals surface area contributed by atoms with Crippen LogP contribution in [-0.2, 0) is 4.79 Å². The lowest BCUT2D eigenvalue weighted by Gasteiger charge is -2.22. The van der Waals surface area contributed by atoms with E-state index < -0.39 is 0 Å². The van der Waals surface area contributed by atoms with Crippen molar-refractivity contribution < 1.29 is 4.79 Å². The number of nitrogens with one attached hydrogen (secondary N) is 1. The summed E-state index contributed by atoms with van der Waals surface area (Å²) in [5.41, 5.74) is 0. The monoisotopic (exact) mass is 372 g/mol. The number of rotatable bonds is 5. The van der Waals surface area contributed by atoms with Crippen LogP contribution >= 0.6 is 11.3 Å². The highest BCUT2D eigenvalue weighted by molar-refractivity contribution is 7.15. The number of nitrogens with zero attached hydrogens (tertiary/aromatic N) is 5. The second kappa shape index (κ2) is 8.09. The molecule has 2 aromatic heterocycles. The van der Waals surface area contributed by atoms with Crippen molar-refractivity contribution in [2.45, 2.75) is 31.6 Å². The van der Waals surface area contributed by atoms with Gasteiger partial charge in [-0.15, -0.1) is 10.2 Å². The number of amides is 1. The van der Waals surface area contributed by atoms with Crippen LogP contribution < -0.4 is 10.2 Å². The third-order valence-corrected chi connectivity index (χ3v) is 6.07. The summed E-state index contributed by atoms with van der Waals surface area (Å²) < 4.78 is 0. The summed E-state index contributed by atoms with van der Waals surface area (Å²) in [6.45, 7) is 4.02. The van der Waals surface area contributed by atoms with Gasteiger partial charge < -0.3 is 4.90 Å². The molecule has 0 radical (unpaired) electrons. The highest BCUT2D eigenvalue weighted by atomic mass is 32.1. The maximum atomic E-state index is 12.4. The first-order valence-electron chi connectivity index (χ1n) is 9.29. The molecular formula is C18H24N6OS. The van der Waals surface area contributed by atoms with Crippen molar-refractivity contribution in [2.24, 2.45) is 0 Å². The van der Waals surface area contributed by atoms with Crippen LogP contribution in [0.3, 0.4) is 0 Å². The fraction of sp³-hybridized carbons (Fsp3) is 0.556. The third-order valence-electron chi connectivity index (χ3n) is 5.07. The summed E-state index contributed by atoms with van der Waals surface area (Å²) in [5, 5.41) is 13.0. The average Bonchev–Trinajstić information content (AvgIpc) is 2.91. The van der Waals surface area contributed by atoms with Crippen molar-refractivity contribution in [1.29, 1.82) is 0 Å². The fourth-order valence-electron chi connectivity index (χ4n) is 3.37. The molecule has 0 bridgehead atoms. The molecule has 26 heavy (non-hydrogen) atoms. The lowest BCUT2D eigenvalue weighted by atomic mass is 9.86. The van der Waals surface area contributed by atoms with Gasteiger partial charge in [-0.25, -0.2) is 4.98 Å². The highest BCUT2D eigenvalue weighted by Gasteiger charge is 2.24. The minimum Gasteiger partial charge on any atom is -0.355 e. The van der Waals surface area contributed by atoms with Crippen molar-refractivity contribution in [3.63, 3.8) is 0 Å². The van der Waals surface area contributed by atoms with E-state index in [4.69, 9.17) is 0 Å². The molecule has 3 heterocycles. The van der Waals surface area contributed by atoms with Crippen molar-refractivity contribution >= 4 is 28.2 Å². The molecular weight excluding hydrogens is 348 g/mol. The standard InChI is InChI=1S/C18H24N6OS/c25-16(20-18-22-21-17(26-18)14-5-3-6-14)13-23-9-4-10-24(12-11-23)15-7-1-2-8-19-15/h1-2,7-8,14H,3-6,9-13H2,(H,20,22,25). The maximum Gasteiger partial charge on any atom is 0.240 e. The molecule has 138 valence electrons. The van der Waals surface area contributed by atoms with Crippen LogP contribution in [0.2, 0.25) is 0 Å². The van der Waals surface area contributed by atoms with Gasteiger partial charge in [-0.3, -0.25) is 15.0 Å². The van der Waals surface area contributed by atoms with Gasteiger partial charge in [0.25, 0.3) is 0 Å². The molecule has 1 N–H and O–H groups in total. The Kier molecular flexibility index (Phi) is 5.40. The molecule has 2 aromatic rings. The maximum absolute atomic E-state index is 12.4. The molecule has 0 spiro atoms. The predicted octanol–water partition coefficient (Wildman–Crippen LogP) is 2.35. The zero-order chi connectivity index (χ0) is 17.8. The average molecular weight is 372 g/mol. The largest absolute Gasteiger partial charge is 0.355 e. The van der Waals surface area contributed by atoms with E-state index in [2.05, 4.69) is 30.3 Å². The van der Waals surface area contributed by atoms with E-state index in [0.717, 1.165) is 43.4 Å². The summed E-state index contributed by atoms with van der Waals surface area (Å²) >= 11 is 1.52. The van der Waals surface area contributed by atoms with Crippen LogP contribution in [0.5, 0.6) is 0 Å². The second-order valence-corrected chi connectivity index (χ2v) is 7.94. The van der Waals surface area contributed by atoms with Crippen molar-refractivity contribution in [3.8, 4) is 0 Å². The van der Waals surface area contributed by atoms with Gasteiger partial charge in [-0.05, 0) is 31.4 Å². The Morgan fingerprint density at radius 1 is 1.15 bits per heavy atom. The van der Waals surface area contributed by atoms with Crippen LogP contribution in [0.15, 0.2) is 24.4 Å². The number of carbonyl (C=O) groups excluding carboxylic acids is 1. The SMILES string of the molecule is O=C(CN1CCCN(c2ccccn2)CC1)Nc1nnc(C2CCC2)s1. The number of aromatic nitrogens is 3. The molecule has 4 rings (SSSR count). The first-order valence-corrected chi connectivity index (χ1v) is 10.1. The summed E-state index contributed by atoms with van der Waals surface area (Å²) in [4.78, 5) is 21.3. The Bertz CT molecular complexity index is 732. The van der Waals surface area contributed by atoms with Gasteiger partial charge in [0.15, 0.2) is 0 Å². The quantitative estimate of drug-likeness (QED) is 0.868. The lowest BCUT2D eigenvalue weighted by molar-refractivity contribution is -0.117. The predicted molar refractivity (Wildman–Crippen MR) is 103 cm³/mol. The van der Waals surface area contributed by atoms with E-state index in [1.165, 1.54) is 30.6 Å². The lowest BCUT2D eigenvalue weighted by Crippen LogP contribution is -2.36. The zero-order valence-electron chi connectivity index (χ0n) is 14.8. The topological polar surface area (TPSA) is 74.2 Å². The Balaban J connectivity index is 1.27. The minimum absolute atomic E-state index is 0.00686. The summed E-state index contributed by atoms with van der Waals surface area (Å²) in [6, 6.07) is 5.98. The van der Waals surface area contributed by atoms with Gasteiger partial charge in [-0.1, -0.05) is 23.8 Å². The van der Waals surface area contributed by atoms with E-state index in [-0.39, 0.29) is 5.91 Å². The first kappa shape index (κ1) is 17.4. The highest BCUT2D eigenvalue weighted by Crippen LogP contribution is 2.38. The number of pyridine rings is 1. The molecule has 1 saturated carbocycles. The summed E-state index contributed by atoms with van der Waals surface area (Å²) in [6.07, 6.45) is 6.52. The Morgan fingerprint density at radius 3 is 2.85 bits per heavy atom.